The Morgan fingerprint density at radius 2 is 2.15 bits per heavy atom. The number of nitro groups is 1. The number of rotatable bonds is 3. The van der Waals surface area contributed by atoms with Crippen LogP contribution in [0.4, 0.5) is 11.4 Å². The topological polar surface area (TPSA) is 58.4 Å². The SMILES string of the molecule is Cc1cc(N(C)C2CCCNCC2)c(Br)cc1[N+](=O)[O-]. The van der Waals surface area contributed by atoms with Crippen LogP contribution in [0.3, 0.4) is 0 Å². The zero-order valence-electron chi connectivity index (χ0n) is 11.9. The maximum atomic E-state index is 11.0. The predicted octanol–water partition coefficient (Wildman–Crippen LogP) is 3.24. The van der Waals surface area contributed by atoms with E-state index in [9.17, 15) is 10.1 Å². The average Bonchev–Trinajstić information content (AvgIpc) is 2.68. The third kappa shape index (κ3) is 3.30. The van der Waals surface area contributed by atoms with Crippen molar-refractivity contribution in [3.05, 3.63) is 32.3 Å². The van der Waals surface area contributed by atoms with Gasteiger partial charge in [-0.1, -0.05) is 0 Å². The zero-order valence-corrected chi connectivity index (χ0v) is 13.4. The summed E-state index contributed by atoms with van der Waals surface area (Å²) in [5.41, 5.74) is 1.89. The van der Waals surface area contributed by atoms with E-state index in [4.69, 9.17) is 0 Å². The maximum absolute atomic E-state index is 11.0. The lowest BCUT2D eigenvalue weighted by Gasteiger charge is -2.30. The first-order chi connectivity index (χ1) is 9.50. The fourth-order valence-electron chi connectivity index (χ4n) is 2.71. The number of aryl methyl sites for hydroxylation is 1. The molecular weight excluding hydrogens is 322 g/mol. The van der Waals surface area contributed by atoms with Crippen molar-refractivity contribution in [1.29, 1.82) is 0 Å². The Morgan fingerprint density at radius 3 is 2.85 bits per heavy atom. The van der Waals surface area contributed by atoms with Crippen molar-refractivity contribution in [3.63, 3.8) is 0 Å². The predicted molar refractivity (Wildman–Crippen MR) is 84.4 cm³/mol. The molecule has 0 bridgehead atoms. The van der Waals surface area contributed by atoms with Gasteiger partial charge in [-0.15, -0.1) is 0 Å². The minimum absolute atomic E-state index is 0.163. The Balaban J connectivity index is 2.27. The minimum Gasteiger partial charge on any atom is -0.371 e. The van der Waals surface area contributed by atoms with Gasteiger partial charge in [-0.05, 0) is 61.3 Å². The number of nitro benzene ring substituents is 1. The summed E-state index contributed by atoms with van der Waals surface area (Å²) in [6, 6.07) is 3.98. The number of nitrogens with zero attached hydrogens (tertiary/aromatic N) is 2. The third-order valence-corrected chi connectivity index (χ3v) is 4.57. The largest absolute Gasteiger partial charge is 0.371 e. The molecule has 110 valence electrons. The van der Waals surface area contributed by atoms with E-state index in [1.807, 2.05) is 6.07 Å². The van der Waals surface area contributed by atoms with Gasteiger partial charge in [0.1, 0.15) is 0 Å². The molecule has 1 unspecified atom stereocenters. The molecule has 1 N–H and O–H groups in total. The van der Waals surface area contributed by atoms with E-state index in [1.54, 1.807) is 13.0 Å². The highest BCUT2D eigenvalue weighted by Gasteiger charge is 2.21. The van der Waals surface area contributed by atoms with Crippen molar-refractivity contribution in [3.8, 4) is 0 Å². The van der Waals surface area contributed by atoms with Crippen molar-refractivity contribution in [2.45, 2.75) is 32.2 Å². The van der Waals surface area contributed by atoms with Crippen LogP contribution in [0.15, 0.2) is 16.6 Å². The number of anilines is 1. The van der Waals surface area contributed by atoms with Gasteiger partial charge in [0.15, 0.2) is 0 Å². The monoisotopic (exact) mass is 341 g/mol. The second-order valence-electron chi connectivity index (χ2n) is 5.29. The lowest BCUT2D eigenvalue weighted by molar-refractivity contribution is -0.385. The van der Waals surface area contributed by atoms with E-state index in [0.29, 0.717) is 11.6 Å². The normalized spacial score (nSPS) is 19.4. The quantitative estimate of drug-likeness (QED) is 0.677. The van der Waals surface area contributed by atoms with E-state index in [-0.39, 0.29) is 10.6 Å². The summed E-state index contributed by atoms with van der Waals surface area (Å²) in [6.45, 7) is 3.89. The summed E-state index contributed by atoms with van der Waals surface area (Å²) in [7, 11) is 2.07. The Morgan fingerprint density at radius 1 is 1.40 bits per heavy atom. The number of hydrogen-bond donors (Lipinski definition) is 1. The van der Waals surface area contributed by atoms with Crippen molar-refractivity contribution in [1.82, 2.24) is 5.32 Å². The van der Waals surface area contributed by atoms with Gasteiger partial charge >= 0.3 is 0 Å². The van der Waals surface area contributed by atoms with E-state index >= 15 is 0 Å². The molecule has 1 aromatic carbocycles. The van der Waals surface area contributed by atoms with Crippen LogP contribution in [-0.4, -0.2) is 31.1 Å². The fraction of sp³-hybridized carbons (Fsp3) is 0.571. The number of benzene rings is 1. The van der Waals surface area contributed by atoms with Crippen LogP contribution in [0, 0.1) is 17.0 Å². The van der Waals surface area contributed by atoms with Crippen LogP contribution in [-0.2, 0) is 0 Å². The van der Waals surface area contributed by atoms with Crippen molar-refractivity contribution in [2.75, 3.05) is 25.0 Å². The minimum atomic E-state index is -0.334. The summed E-state index contributed by atoms with van der Waals surface area (Å²) in [5, 5.41) is 14.4. The first kappa shape index (κ1) is 15.3. The highest BCUT2D eigenvalue weighted by atomic mass is 79.9. The second-order valence-corrected chi connectivity index (χ2v) is 6.15. The molecule has 1 atom stereocenters. The van der Waals surface area contributed by atoms with Gasteiger partial charge in [-0.2, -0.15) is 0 Å². The second kappa shape index (κ2) is 6.54. The Hall–Kier alpha value is -1.14. The first-order valence-corrected chi connectivity index (χ1v) is 7.68. The molecule has 5 nitrogen and oxygen atoms in total. The molecule has 1 fully saturated rings. The first-order valence-electron chi connectivity index (χ1n) is 6.89. The lowest BCUT2D eigenvalue weighted by Crippen LogP contribution is -2.32. The fourth-order valence-corrected chi connectivity index (χ4v) is 3.32. The molecule has 0 spiro atoms. The molecule has 2 rings (SSSR count). The van der Waals surface area contributed by atoms with Crippen LogP contribution in [0.25, 0.3) is 0 Å². The summed E-state index contributed by atoms with van der Waals surface area (Å²) in [6.07, 6.45) is 3.41. The summed E-state index contributed by atoms with van der Waals surface area (Å²) in [5.74, 6) is 0. The molecule has 0 aliphatic carbocycles. The van der Waals surface area contributed by atoms with Gasteiger partial charge < -0.3 is 10.2 Å². The van der Waals surface area contributed by atoms with Gasteiger partial charge in [0.2, 0.25) is 0 Å². The number of hydrogen-bond acceptors (Lipinski definition) is 4. The van der Waals surface area contributed by atoms with Crippen molar-refractivity contribution in [2.24, 2.45) is 0 Å². The summed E-state index contributed by atoms with van der Waals surface area (Å²) >= 11 is 3.47. The molecule has 0 amide bonds. The van der Waals surface area contributed by atoms with Crippen LogP contribution >= 0.6 is 15.9 Å². The standard InChI is InChI=1S/C14H20BrN3O2/c1-10-8-14(12(15)9-13(10)18(19)20)17(2)11-4-3-6-16-7-5-11/h8-9,11,16H,3-7H2,1-2H3. The summed E-state index contributed by atoms with van der Waals surface area (Å²) < 4.78 is 0.787. The van der Waals surface area contributed by atoms with Gasteiger partial charge in [-0.3, -0.25) is 10.1 Å². The third-order valence-electron chi connectivity index (χ3n) is 3.94. The molecule has 6 heteroatoms. The molecule has 1 aliphatic heterocycles. The molecule has 1 heterocycles. The lowest BCUT2D eigenvalue weighted by atomic mass is 10.1. The van der Waals surface area contributed by atoms with Crippen LogP contribution in [0.1, 0.15) is 24.8 Å². The molecule has 1 aromatic rings. The molecule has 0 radical (unpaired) electrons. The van der Waals surface area contributed by atoms with E-state index in [0.717, 1.165) is 36.1 Å². The molecule has 0 saturated carbocycles. The van der Waals surface area contributed by atoms with Crippen molar-refractivity contribution >= 4 is 27.3 Å². The van der Waals surface area contributed by atoms with Crippen molar-refractivity contribution < 1.29 is 4.92 Å². The Kier molecular flexibility index (Phi) is 4.99. The van der Waals surface area contributed by atoms with Gasteiger partial charge in [0.25, 0.3) is 5.69 Å². The van der Waals surface area contributed by atoms with Gasteiger partial charge in [0.05, 0.1) is 10.6 Å². The van der Waals surface area contributed by atoms with Crippen LogP contribution in [0.2, 0.25) is 0 Å². The van der Waals surface area contributed by atoms with Crippen LogP contribution < -0.4 is 10.2 Å². The zero-order chi connectivity index (χ0) is 14.7. The smallest absolute Gasteiger partial charge is 0.273 e. The van der Waals surface area contributed by atoms with E-state index < -0.39 is 0 Å². The van der Waals surface area contributed by atoms with Crippen LogP contribution in [0.5, 0.6) is 0 Å². The van der Waals surface area contributed by atoms with E-state index in [1.165, 1.54) is 6.42 Å². The number of halogens is 1. The Bertz CT molecular complexity index is 499. The molecule has 0 aromatic heterocycles. The number of nitrogens with one attached hydrogen (secondary N) is 1. The molecule has 20 heavy (non-hydrogen) atoms. The van der Waals surface area contributed by atoms with Gasteiger partial charge in [-0.25, -0.2) is 0 Å². The average molecular weight is 342 g/mol. The molecular formula is C14H20BrN3O2. The molecule has 1 aliphatic rings. The highest BCUT2D eigenvalue weighted by molar-refractivity contribution is 9.10. The highest BCUT2D eigenvalue weighted by Crippen LogP contribution is 2.34. The molecule has 1 saturated heterocycles. The maximum Gasteiger partial charge on any atom is 0.273 e. The Labute approximate surface area is 127 Å². The van der Waals surface area contributed by atoms with Gasteiger partial charge in [0, 0.05) is 29.2 Å². The summed E-state index contributed by atoms with van der Waals surface area (Å²) in [4.78, 5) is 12.9. The van der Waals surface area contributed by atoms with E-state index in [2.05, 4.69) is 33.2 Å².